The molecule has 4 heterocycles. The van der Waals surface area contributed by atoms with E-state index in [9.17, 15) is 4.39 Å². The Morgan fingerprint density at radius 1 is 0.885 bits per heavy atom. The van der Waals surface area contributed by atoms with Gasteiger partial charge in [-0.05, 0) is 40.8 Å². The smallest absolute Gasteiger partial charge is 0.114 e. The number of para-hydroxylation sites is 2. The van der Waals surface area contributed by atoms with E-state index in [1.165, 1.54) is 28.5 Å². The Labute approximate surface area is 325 Å². The topological polar surface area (TPSA) is 43.6 Å². The van der Waals surface area contributed by atoms with Crippen LogP contribution in [0.4, 0.5) is 4.39 Å². The van der Waals surface area contributed by atoms with Crippen molar-refractivity contribution in [2.45, 2.75) is 51.0 Å². The van der Waals surface area contributed by atoms with E-state index in [-0.39, 0.29) is 25.9 Å². The summed E-state index contributed by atoms with van der Waals surface area (Å²) in [5, 5.41) is 1.43. The Hall–Kier alpha value is -4.01. The van der Waals surface area contributed by atoms with Gasteiger partial charge in [-0.15, -0.1) is 12.1 Å². The van der Waals surface area contributed by atoms with E-state index in [1.807, 2.05) is 73.7 Å². The van der Waals surface area contributed by atoms with Crippen LogP contribution in [0.25, 0.3) is 54.0 Å². The zero-order valence-electron chi connectivity index (χ0n) is 30.3. The molecule has 8 aromatic rings. The van der Waals surface area contributed by atoms with E-state index < -0.39 is 13.3 Å². The summed E-state index contributed by atoms with van der Waals surface area (Å²) in [7, 11) is 0. The molecule has 0 aliphatic carbocycles. The van der Waals surface area contributed by atoms with Gasteiger partial charge >= 0.3 is 126 Å². The normalized spacial score (nSPS) is 11.5. The fraction of sp³-hybridized carbons (Fsp3) is 0.205. The van der Waals surface area contributed by atoms with Gasteiger partial charge in [-0.2, -0.15) is 11.3 Å². The van der Waals surface area contributed by atoms with Crippen LogP contribution in [-0.4, -0.2) is 32.8 Å². The maximum Gasteiger partial charge on any atom is 0.114 e. The van der Waals surface area contributed by atoms with E-state index >= 15 is 0 Å². The molecule has 0 aliphatic rings. The third kappa shape index (κ3) is 7.98. The molecule has 0 saturated heterocycles. The molecular formula is C44H41FGeIrN4S-2. The van der Waals surface area contributed by atoms with E-state index in [4.69, 9.17) is 9.97 Å². The molecule has 0 saturated carbocycles. The van der Waals surface area contributed by atoms with E-state index in [0.717, 1.165) is 60.7 Å². The Kier molecular flexibility index (Phi) is 11.6. The maximum atomic E-state index is 14.9. The van der Waals surface area contributed by atoms with Gasteiger partial charge < -0.3 is 4.57 Å². The van der Waals surface area contributed by atoms with Gasteiger partial charge in [0.1, 0.15) is 4.83 Å². The first-order chi connectivity index (χ1) is 24.6. The summed E-state index contributed by atoms with van der Waals surface area (Å²) in [6.07, 6.45) is 3.27. The first kappa shape index (κ1) is 37.7. The van der Waals surface area contributed by atoms with Gasteiger partial charge in [-0.25, -0.2) is 4.98 Å². The van der Waals surface area contributed by atoms with E-state index in [0.29, 0.717) is 17.8 Å². The number of pyridine rings is 2. The standard InChI is InChI=1S/C26H17FN3S.C18H24GeN.Ir/c1-16-11-12-18-23-20(27)14-13-19(24(23)31-26(18)28-16)25-29-21-9-5-6-10-22(21)30(25)15-17-7-3-2-4-8-17;1-14(2)11-16-12-18(15-9-7-6-8-10-15)20-13-17(16)19(3,4)5;/h2-12,14H,15H2,1H3;6-9,12-14H,11H2,1-5H3;/q2*-1;. The third-order valence-corrected chi connectivity index (χ3v) is 14.4. The molecule has 0 bridgehead atoms. The van der Waals surface area contributed by atoms with Crippen LogP contribution < -0.4 is 4.40 Å². The minimum absolute atomic E-state index is 0. The predicted molar refractivity (Wildman–Crippen MR) is 215 cm³/mol. The molecule has 0 aliphatic heterocycles. The number of halogens is 1. The molecule has 4 nitrogen and oxygen atoms in total. The SMILES string of the molecule is CC(C)Cc1cc(-c2[c-]cccc2)nc[c]1[Ge]([CH3])([CH3])[CH3].Cc1ccc2c(n1)sc1c(-c3nc4ccccc4n3Cc3ccccc3)[c-]cc(F)c12.[Ir]. The van der Waals surface area contributed by atoms with Crippen molar-refractivity contribution in [3.8, 4) is 22.6 Å². The number of hydrogen-bond acceptors (Lipinski definition) is 4. The summed E-state index contributed by atoms with van der Waals surface area (Å²) in [6.45, 7) is 7.19. The molecule has 1 radical (unpaired) electrons. The van der Waals surface area contributed by atoms with Crippen molar-refractivity contribution in [1.29, 1.82) is 0 Å². The van der Waals surface area contributed by atoms with Crippen LogP contribution >= 0.6 is 11.3 Å². The molecule has 0 amide bonds. The minimum atomic E-state index is -1.86. The summed E-state index contributed by atoms with van der Waals surface area (Å²) in [5.74, 6) is 8.51. The summed E-state index contributed by atoms with van der Waals surface area (Å²) in [4.78, 5) is 15.1. The van der Waals surface area contributed by atoms with Crippen molar-refractivity contribution in [2.24, 2.45) is 5.92 Å². The first-order valence-electron chi connectivity index (χ1n) is 17.4. The molecule has 0 unspecified atom stereocenters. The van der Waals surface area contributed by atoms with Crippen molar-refractivity contribution in [2.75, 3.05) is 0 Å². The number of rotatable bonds is 7. The van der Waals surface area contributed by atoms with Crippen LogP contribution in [-0.2, 0) is 33.1 Å². The molecule has 52 heavy (non-hydrogen) atoms. The van der Waals surface area contributed by atoms with Crippen LogP contribution in [0.5, 0.6) is 0 Å². The van der Waals surface area contributed by atoms with Gasteiger partial charge in [-0.1, -0.05) is 54.1 Å². The Morgan fingerprint density at radius 3 is 2.37 bits per heavy atom. The molecule has 8 heteroatoms. The number of fused-ring (bicyclic) bond motifs is 4. The van der Waals surface area contributed by atoms with Gasteiger partial charge in [0.15, 0.2) is 0 Å². The number of benzene rings is 4. The summed E-state index contributed by atoms with van der Waals surface area (Å²) in [5.41, 5.74) is 8.50. The molecule has 0 atom stereocenters. The molecule has 0 spiro atoms. The second-order valence-electron chi connectivity index (χ2n) is 14.5. The van der Waals surface area contributed by atoms with Crippen molar-refractivity contribution in [3.05, 3.63) is 144 Å². The summed E-state index contributed by atoms with van der Waals surface area (Å²) < 4.78 is 19.5. The number of aromatic nitrogens is 4. The number of hydrogen-bond donors (Lipinski definition) is 0. The zero-order chi connectivity index (χ0) is 35.7. The van der Waals surface area contributed by atoms with Crippen molar-refractivity contribution < 1.29 is 24.5 Å². The number of aryl methyl sites for hydroxylation is 1. The Morgan fingerprint density at radius 2 is 1.63 bits per heavy atom. The van der Waals surface area contributed by atoms with Crippen LogP contribution in [0.15, 0.2) is 109 Å². The molecule has 265 valence electrons. The molecule has 0 N–H and O–H groups in total. The van der Waals surface area contributed by atoms with Crippen molar-refractivity contribution in [3.63, 3.8) is 0 Å². The fourth-order valence-electron chi connectivity index (χ4n) is 6.60. The molecule has 8 rings (SSSR count). The Bertz CT molecular complexity index is 2470. The summed E-state index contributed by atoms with van der Waals surface area (Å²) >= 11 is -0.357. The van der Waals surface area contributed by atoms with Crippen molar-refractivity contribution >= 4 is 60.3 Å². The van der Waals surface area contributed by atoms with Gasteiger partial charge in [0.2, 0.25) is 0 Å². The molecule has 4 aromatic heterocycles. The molecule has 4 aromatic carbocycles. The number of thiophene rings is 1. The average Bonchev–Trinajstić information content (AvgIpc) is 3.67. The maximum absolute atomic E-state index is 14.9. The van der Waals surface area contributed by atoms with Gasteiger partial charge in [-0.3, -0.25) is 9.37 Å². The average molecular weight is 942 g/mol. The van der Waals surface area contributed by atoms with Gasteiger partial charge in [0, 0.05) is 43.5 Å². The van der Waals surface area contributed by atoms with Crippen LogP contribution in [0.1, 0.15) is 30.7 Å². The molecule has 0 fully saturated rings. The summed E-state index contributed by atoms with van der Waals surface area (Å²) in [6, 6.07) is 40.5. The predicted octanol–water partition coefficient (Wildman–Crippen LogP) is 11.1. The zero-order valence-corrected chi connectivity index (χ0v) is 35.6. The van der Waals surface area contributed by atoms with Crippen molar-refractivity contribution in [1.82, 2.24) is 19.5 Å². The number of imidazole rings is 1. The third-order valence-electron chi connectivity index (χ3n) is 8.98. The van der Waals surface area contributed by atoms with E-state index in [2.05, 4.69) is 89.3 Å². The molecular weight excluding hydrogens is 900 g/mol. The quantitative estimate of drug-likeness (QED) is 0.118. The van der Waals surface area contributed by atoms with Crippen LogP contribution in [0, 0.1) is 30.8 Å². The Balaban J connectivity index is 0.000000193. The second-order valence-corrected chi connectivity index (χ2v) is 26.0. The van der Waals surface area contributed by atoms with Gasteiger partial charge in [0.25, 0.3) is 0 Å². The fourth-order valence-corrected chi connectivity index (χ4v) is 11.2. The van der Waals surface area contributed by atoms with Crippen LogP contribution in [0.2, 0.25) is 17.3 Å². The largest absolute Gasteiger partial charge is 0.360 e. The first-order valence-corrected chi connectivity index (χ1v) is 25.6. The monoisotopic (exact) mass is 943 g/mol. The number of nitrogens with zero attached hydrogens (tertiary/aromatic N) is 4. The van der Waals surface area contributed by atoms with Crippen LogP contribution in [0.3, 0.4) is 0 Å². The van der Waals surface area contributed by atoms with E-state index in [1.54, 1.807) is 4.40 Å². The second kappa shape index (κ2) is 15.9. The van der Waals surface area contributed by atoms with Gasteiger partial charge in [0.05, 0.1) is 16.9 Å². The minimum Gasteiger partial charge on any atom is -0.360 e.